The molecule has 1 aliphatic rings. The lowest BCUT2D eigenvalue weighted by molar-refractivity contribution is 0.131. The van der Waals surface area contributed by atoms with Crippen LogP contribution in [0.4, 0.5) is 0 Å². The van der Waals surface area contributed by atoms with Crippen molar-refractivity contribution in [3.63, 3.8) is 0 Å². The predicted octanol–water partition coefficient (Wildman–Crippen LogP) is 2.54. The number of para-hydroxylation sites is 1. The summed E-state index contributed by atoms with van der Waals surface area (Å²) in [6, 6.07) is 10.6. The largest absolute Gasteiger partial charge is 0.361 e. The van der Waals surface area contributed by atoms with Gasteiger partial charge in [-0.05, 0) is 44.6 Å². The van der Waals surface area contributed by atoms with Gasteiger partial charge in [0.05, 0.1) is 0 Å². The third kappa shape index (κ3) is 4.58. The Balaban J connectivity index is 1.21. The van der Waals surface area contributed by atoms with Crippen molar-refractivity contribution in [1.82, 2.24) is 19.5 Å². The van der Waals surface area contributed by atoms with Gasteiger partial charge in [-0.25, -0.2) is 0 Å². The molecule has 1 fully saturated rings. The summed E-state index contributed by atoms with van der Waals surface area (Å²) in [5, 5.41) is 1.27. The van der Waals surface area contributed by atoms with E-state index in [1.165, 1.54) is 48.2 Å². The molecule has 0 spiro atoms. The summed E-state index contributed by atoms with van der Waals surface area (Å²) >= 11 is 0. The van der Waals surface area contributed by atoms with E-state index in [0.29, 0.717) is 0 Å². The van der Waals surface area contributed by atoms with Crippen molar-refractivity contribution in [2.24, 2.45) is 5.73 Å². The van der Waals surface area contributed by atoms with Crippen LogP contribution >= 0.6 is 0 Å². The average molecular weight is 381 g/mol. The number of nitrogens with two attached hydrogens (primary N) is 1. The second kappa shape index (κ2) is 9.28. The van der Waals surface area contributed by atoms with Crippen molar-refractivity contribution < 1.29 is 0 Å². The van der Waals surface area contributed by atoms with Gasteiger partial charge in [0.1, 0.15) is 0 Å². The SMILES string of the molecule is NCCCN1CCN(CCCNn2ccc(-c3c[nH]c4ccccc34)c2)CC1. The van der Waals surface area contributed by atoms with Gasteiger partial charge in [0.2, 0.25) is 0 Å². The zero-order valence-electron chi connectivity index (χ0n) is 16.6. The Morgan fingerprint density at radius 2 is 1.71 bits per heavy atom. The third-order valence-electron chi connectivity index (χ3n) is 5.68. The molecule has 1 saturated heterocycles. The van der Waals surface area contributed by atoms with E-state index in [1.54, 1.807) is 0 Å². The Morgan fingerprint density at radius 1 is 0.964 bits per heavy atom. The molecule has 0 bridgehead atoms. The van der Waals surface area contributed by atoms with E-state index in [9.17, 15) is 0 Å². The molecule has 0 radical (unpaired) electrons. The van der Waals surface area contributed by atoms with E-state index in [4.69, 9.17) is 5.73 Å². The fourth-order valence-corrected chi connectivity index (χ4v) is 4.03. The number of benzene rings is 1. The molecule has 0 amide bonds. The number of nitrogens with one attached hydrogen (secondary N) is 2. The summed E-state index contributed by atoms with van der Waals surface area (Å²) in [6.45, 7) is 8.81. The van der Waals surface area contributed by atoms with Gasteiger partial charge in [-0.3, -0.25) is 4.68 Å². The molecule has 1 aliphatic heterocycles. The normalized spacial score (nSPS) is 16.0. The van der Waals surface area contributed by atoms with Crippen LogP contribution < -0.4 is 11.2 Å². The highest BCUT2D eigenvalue weighted by molar-refractivity contribution is 5.95. The predicted molar refractivity (Wildman–Crippen MR) is 117 cm³/mol. The van der Waals surface area contributed by atoms with Crippen molar-refractivity contribution in [3.05, 3.63) is 48.9 Å². The van der Waals surface area contributed by atoms with Crippen molar-refractivity contribution in [2.75, 3.05) is 57.8 Å². The molecule has 2 aromatic heterocycles. The molecular formula is C22H32N6. The fraction of sp³-hybridized carbons (Fsp3) is 0.455. The van der Waals surface area contributed by atoms with Gasteiger partial charge in [-0.1, -0.05) is 18.2 Å². The first-order valence-corrected chi connectivity index (χ1v) is 10.5. The van der Waals surface area contributed by atoms with E-state index < -0.39 is 0 Å². The second-order valence-corrected chi connectivity index (χ2v) is 7.64. The molecule has 150 valence electrons. The minimum atomic E-state index is 0.799. The number of hydrogen-bond donors (Lipinski definition) is 3. The van der Waals surface area contributed by atoms with Crippen LogP contribution in [0.25, 0.3) is 22.0 Å². The molecule has 6 heteroatoms. The van der Waals surface area contributed by atoms with Gasteiger partial charge in [-0.2, -0.15) is 0 Å². The monoisotopic (exact) mass is 380 g/mol. The van der Waals surface area contributed by atoms with Gasteiger partial charge in [0, 0.05) is 73.3 Å². The standard InChI is InChI=1S/C22H32N6/c23-8-3-10-26-13-15-27(16-14-26)11-4-9-25-28-12-7-19(18-28)21-17-24-22-6-2-1-5-20(21)22/h1-2,5-7,12,17-18,24-25H,3-4,8-11,13-16,23H2. The number of piperazine rings is 1. The molecule has 0 unspecified atom stereocenters. The topological polar surface area (TPSA) is 65.2 Å². The van der Waals surface area contributed by atoms with Crippen LogP contribution in [0.1, 0.15) is 12.8 Å². The first-order valence-electron chi connectivity index (χ1n) is 10.5. The highest BCUT2D eigenvalue weighted by Crippen LogP contribution is 2.28. The first-order chi connectivity index (χ1) is 13.8. The maximum atomic E-state index is 5.61. The van der Waals surface area contributed by atoms with E-state index in [1.807, 2.05) is 0 Å². The van der Waals surface area contributed by atoms with Crippen molar-refractivity contribution in [1.29, 1.82) is 0 Å². The van der Waals surface area contributed by atoms with Crippen molar-refractivity contribution in [2.45, 2.75) is 12.8 Å². The Morgan fingerprint density at radius 3 is 2.50 bits per heavy atom. The summed E-state index contributed by atoms with van der Waals surface area (Å²) in [4.78, 5) is 8.47. The summed E-state index contributed by atoms with van der Waals surface area (Å²) < 4.78 is 2.09. The van der Waals surface area contributed by atoms with Crippen LogP contribution in [0.2, 0.25) is 0 Å². The highest BCUT2D eigenvalue weighted by atomic mass is 15.4. The lowest BCUT2D eigenvalue weighted by Crippen LogP contribution is -2.47. The molecule has 28 heavy (non-hydrogen) atoms. The number of aromatic nitrogens is 2. The molecule has 0 atom stereocenters. The summed E-state index contributed by atoms with van der Waals surface area (Å²) in [5.74, 6) is 0. The Kier molecular flexibility index (Phi) is 6.31. The molecule has 3 heterocycles. The number of H-pyrrole nitrogens is 1. The van der Waals surface area contributed by atoms with E-state index in [2.05, 4.69) is 73.8 Å². The molecule has 4 rings (SSSR count). The second-order valence-electron chi connectivity index (χ2n) is 7.64. The summed E-state index contributed by atoms with van der Waals surface area (Å²) in [7, 11) is 0. The van der Waals surface area contributed by atoms with E-state index in [0.717, 1.165) is 39.0 Å². The molecule has 0 aliphatic carbocycles. The number of aromatic amines is 1. The number of fused-ring (bicyclic) bond motifs is 1. The number of hydrogen-bond acceptors (Lipinski definition) is 4. The fourth-order valence-electron chi connectivity index (χ4n) is 4.03. The van der Waals surface area contributed by atoms with Crippen LogP contribution in [0.5, 0.6) is 0 Å². The number of rotatable bonds is 9. The molecule has 1 aromatic carbocycles. The van der Waals surface area contributed by atoms with Crippen LogP contribution in [0, 0.1) is 0 Å². The van der Waals surface area contributed by atoms with Crippen LogP contribution in [0.15, 0.2) is 48.9 Å². The lowest BCUT2D eigenvalue weighted by Gasteiger charge is -2.34. The van der Waals surface area contributed by atoms with Crippen LogP contribution in [-0.2, 0) is 0 Å². The summed E-state index contributed by atoms with van der Waals surface area (Å²) in [5.41, 5.74) is 12.8. The van der Waals surface area contributed by atoms with Gasteiger partial charge in [0.15, 0.2) is 0 Å². The molecular weight excluding hydrogens is 348 g/mol. The minimum Gasteiger partial charge on any atom is -0.361 e. The minimum absolute atomic E-state index is 0.799. The molecule has 4 N–H and O–H groups in total. The van der Waals surface area contributed by atoms with Gasteiger partial charge in [-0.15, -0.1) is 0 Å². The Labute approximate surface area is 167 Å². The lowest BCUT2D eigenvalue weighted by atomic mass is 10.1. The Hall–Kier alpha value is -2.28. The summed E-state index contributed by atoms with van der Waals surface area (Å²) in [6.07, 6.45) is 8.64. The molecule has 3 aromatic rings. The van der Waals surface area contributed by atoms with Crippen LogP contribution in [0.3, 0.4) is 0 Å². The maximum Gasteiger partial charge on any atom is 0.0460 e. The zero-order valence-corrected chi connectivity index (χ0v) is 16.6. The van der Waals surface area contributed by atoms with Crippen LogP contribution in [-0.4, -0.2) is 71.8 Å². The molecule has 0 saturated carbocycles. The van der Waals surface area contributed by atoms with Gasteiger partial charge >= 0.3 is 0 Å². The highest BCUT2D eigenvalue weighted by Gasteiger charge is 2.15. The third-order valence-corrected chi connectivity index (χ3v) is 5.68. The first kappa shape index (κ1) is 19.1. The van der Waals surface area contributed by atoms with Crippen molar-refractivity contribution >= 4 is 10.9 Å². The smallest absolute Gasteiger partial charge is 0.0460 e. The maximum absolute atomic E-state index is 5.61. The number of nitrogens with zero attached hydrogens (tertiary/aromatic N) is 3. The van der Waals surface area contributed by atoms with E-state index in [-0.39, 0.29) is 0 Å². The Bertz CT molecular complexity index is 859. The zero-order chi connectivity index (χ0) is 19.2. The quantitative estimate of drug-likeness (QED) is 0.499. The van der Waals surface area contributed by atoms with E-state index >= 15 is 0 Å². The average Bonchev–Trinajstić information content (AvgIpc) is 3.37. The molecule has 6 nitrogen and oxygen atoms in total. The van der Waals surface area contributed by atoms with Crippen molar-refractivity contribution in [3.8, 4) is 11.1 Å². The van der Waals surface area contributed by atoms with Gasteiger partial charge in [0.25, 0.3) is 0 Å². The van der Waals surface area contributed by atoms with Gasteiger partial charge < -0.3 is 25.9 Å².